The van der Waals surface area contributed by atoms with Gasteiger partial charge < -0.3 is 14.6 Å². The Morgan fingerprint density at radius 3 is 2.45 bits per heavy atom. The zero-order valence-electron chi connectivity index (χ0n) is 17.0. The third kappa shape index (κ3) is 4.19. The van der Waals surface area contributed by atoms with Crippen LogP contribution in [-0.4, -0.2) is 28.6 Å². The number of pyridine rings is 1. The Hall–Kier alpha value is -3.93. The minimum Gasteiger partial charge on any atom is -0.493 e. The average molecular weight is 415 g/mol. The maximum absolute atomic E-state index is 12.7. The van der Waals surface area contributed by atoms with E-state index < -0.39 is 11.9 Å². The van der Waals surface area contributed by atoms with Crippen molar-refractivity contribution in [3.05, 3.63) is 83.4 Å². The lowest BCUT2D eigenvalue weighted by atomic mass is 10.00. The largest absolute Gasteiger partial charge is 0.493 e. The van der Waals surface area contributed by atoms with Crippen LogP contribution in [0, 0.1) is 0 Å². The molecule has 0 amide bonds. The van der Waals surface area contributed by atoms with Crippen LogP contribution in [0.4, 0.5) is 0 Å². The SMILES string of the molecule is CCCOc1cc(C(=O)OCc2ccccc2)cc2nc3ccccc3c(C(=O)O)c12. The summed E-state index contributed by atoms with van der Waals surface area (Å²) in [6.07, 6.45) is 0.730. The van der Waals surface area contributed by atoms with Crippen molar-refractivity contribution in [2.24, 2.45) is 0 Å². The van der Waals surface area contributed by atoms with Crippen molar-refractivity contribution < 1.29 is 24.2 Å². The number of carbonyl (C=O) groups excluding carboxylic acids is 1. The fourth-order valence-electron chi connectivity index (χ4n) is 3.46. The second-order valence-electron chi connectivity index (χ2n) is 7.09. The van der Waals surface area contributed by atoms with Crippen LogP contribution in [-0.2, 0) is 11.3 Å². The number of aromatic carboxylic acids is 1. The second kappa shape index (κ2) is 8.83. The number of carbonyl (C=O) groups is 2. The number of carboxylic acids is 1. The van der Waals surface area contributed by atoms with Crippen LogP contribution in [0.25, 0.3) is 21.8 Å². The van der Waals surface area contributed by atoms with Gasteiger partial charge in [-0.1, -0.05) is 55.5 Å². The van der Waals surface area contributed by atoms with E-state index in [9.17, 15) is 14.7 Å². The monoisotopic (exact) mass is 415 g/mol. The van der Waals surface area contributed by atoms with Crippen molar-refractivity contribution in [1.82, 2.24) is 4.98 Å². The van der Waals surface area contributed by atoms with Crippen molar-refractivity contribution in [3.63, 3.8) is 0 Å². The van der Waals surface area contributed by atoms with Gasteiger partial charge in [-0.15, -0.1) is 0 Å². The van der Waals surface area contributed by atoms with Crippen LogP contribution in [0.15, 0.2) is 66.7 Å². The zero-order chi connectivity index (χ0) is 21.8. The average Bonchev–Trinajstić information content (AvgIpc) is 2.79. The number of hydrogen-bond acceptors (Lipinski definition) is 5. The van der Waals surface area contributed by atoms with Gasteiger partial charge in [-0.25, -0.2) is 14.6 Å². The van der Waals surface area contributed by atoms with Crippen LogP contribution >= 0.6 is 0 Å². The Labute approximate surface area is 179 Å². The third-order valence-electron chi connectivity index (χ3n) is 4.87. The van der Waals surface area contributed by atoms with Gasteiger partial charge in [0, 0.05) is 5.39 Å². The highest BCUT2D eigenvalue weighted by molar-refractivity contribution is 6.16. The van der Waals surface area contributed by atoms with Crippen molar-refractivity contribution in [2.45, 2.75) is 20.0 Å². The summed E-state index contributed by atoms with van der Waals surface area (Å²) in [6.45, 7) is 2.46. The highest BCUT2D eigenvalue weighted by Crippen LogP contribution is 2.34. The molecule has 156 valence electrons. The van der Waals surface area contributed by atoms with Crippen LogP contribution in [0.5, 0.6) is 5.75 Å². The van der Waals surface area contributed by atoms with E-state index in [4.69, 9.17) is 9.47 Å². The molecule has 6 heteroatoms. The number of carboxylic acid groups (broad SMARTS) is 1. The van der Waals surface area contributed by atoms with Gasteiger partial charge in [0.2, 0.25) is 0 Å². The number of hydrogen-bond donors (Lipinski definition) is 1. The van der Waals surface area contributed by atoms with E-state index in [1.54, 1.807) is 30.3 Å². The first-order valence-electron chi connectivity index (χ1n) is 10.0. The molecule has 1 aromatic heterocycles. The summed E-state index contributed by atoms with van der Waals surface area (Å²) in [5.74, 6) is -1.30. The summed E-state index contributed by atoms with van der Waals surface area (Å²) in [4.78, 5) is 29.5. The quantitative estimate of drug-likeness (QED) is 0.328. The van der Waals surface area contributed by atoms with Gasteiger partial charge in [-0.2, -0.15) is 0 Å². The number of aromatic nitrogens is 1. The lowest BCUT2D eigenvalue weighted by molar-refractivity contribution is 0.0472. The maximum Gasteiger partial charge on any atom is 0.338 e. The normalized spacial score (nSPS) is 10.9. The van der Waals surface area contributed by atoms with E-state index >= 15 is 0 Å². The first-order chi connectivity index (χ1) is 15.1. The molecule has 0 radical (unpaired) electrons. The first kappa shape index (κ1) is 20.3. The number of rotatable bonds is 7. The third-order valence-corrected chi connectivity index (χ3v) is 4.87. The lowest BCUT2D eigenvalue weighted by Gasteiger charge is -2.14. The lowest BCUT2D eigenvalue weighted by Crippen LogP contribution is -2.09. The van der Waals surface area contributed by atoms with Crippen molar-refractivity contribution in [3.8, 4) is 5.75 Å². The van der Waals surface area contributed by atoms with Crippen LogP contribution in [0.3, 0.4) is 0 Å². The molecule has 0 unspecified atom stereocenters. The molecule has 0 aliphatic carbocycles. The fraction of sp³-hybridized carbons (Fsp3) is 0.160. The molecular weight excluding hydrogens is 394 g/mol. The molecule has 0 atom stereocenters. The highest BCUT2D eigenvalue weighted by atomic mass is 16.5. The molecule has 0 fully saturated rings. The van der Waals surface area contributed by atoms with E-state index in [2.05, 4.69) is 4.98 Å². The maximum atomic E-state index is 12.7. The zero-order valence-corrected chi connectivity index (χ0v) is 17.0. The molecule has 31 heavy (non-hydrogen) atoms. The minimum atomic E-state index is -1.08. The van der Waals surface area contributed by atoms with E-state index in [0.29, 0.717) is 34.2 Å². The molecule has 0 saturated heterocycles. The van der Waals surface area contributed by atoms with Gasteiger partial charge in [0.1, 0.15) is 12.4 Å². The second-order valence-corrected chi connectivity index (χ2v) is 7.09. The van der Waals surface area contributed by atoms with Crippen molar-refractivity contribution >= 4 is 33.7 Å². The number of esters is 1. The molecule has 0 aliphatic heterocycles. The van der Waals surface area contributed by atoms with E-state index in [1.807, 2.05) is 37.3 Å². The Morgan fingerprint density at radius 1 is 0.968 bits per heavy atom. The molecule has 0 spiro atoms. The van der Waals surface area contributed by atoms with Gasteiger partial charge in [0.25, 0.3) is 0 Å². The van der Waals surface area contributed by atoms with Gasteiger partial charge in [-0.05, 0) is 30.2 Å². The van der Waals surface area contributed by atoms with Gasteiger partial charge in [-0.3, -0.25) is 0 Å². The molecule has 3 aromatic carbocycles. The summed E-state index contributed by atoms with van der Waals surface area (Å²) in [5.41, 5.74) is 2.14. The minimum absolute atomic E-state index is 0.107. The highest BCUT2D eigenvalue weighted by Gasteiger charge is 2.21. The van der Waals surface area contributed by atoms with Crippen molar-refractivity contribution in [1.29, 1.82) is 0 Å². The molecule has 0 saturated carbocycles. The summed E-state index contributed by atoms with van der Waals surface area (Å²) >= 11 is 0. The summed E-state index contributed by atoms with van der Waals surface area (Å²) < 4.78 is 11.3. The number of ether oxygens (including phenoxy) is 2. The molecule has 0 bridgehead atoms. The number of fused-ring (bicyclic) bond motifs is 2. The molecule has 4 rings (SSSR count). The predicted octanol–water partition coefficient (Wildman–Crippen LogP) is 5.23. The smallest absolute Gasteiger partial charge is 0.338 e. The molecule has 1 N–H and O–H groups in total. The van der Waals surface area contributed by atoms with Gasteiger partial charge in [0.05, 0.1) is 34.2 Å². The molecular formula is C25H21NO5. The van der Waals surface area contributed by atoms with Crippen LogP contribution in [0.2, 0.25) is 0 Å². The Kier molecular flexibility index (Phi) is 5.80. The van der Waals surface area contributed by atoms with E-state index in [-0.39, 0.29) is 17.7 Å². The fourth-order valence-corrected chi connectivity index (χ4v) is 3.46. The Bertz CT molecular complexity index is 1270. The number of nitrogens with zero attached hydrogens (tertiary/aromatic N) is 1. The summed E-state index contributed by atoms with van der Waals surface area (Å²) in [6, 6.07) is 19.5. The van der Waals surface area contributed by atoms with Crippen LogP contribution < -0.4 is 4.74 Å². The first-order valence-corrected chi connectivity index (χ1v) is 10.0. The Balaban J connectivity index is 1.83. The summed E-state index contributed by atoms with van der Waals surface area (Å²) in [5, 5.41) is 10.8. The van der Waals surface area contributed by atoms with Gasteiger partial charge >= 0.3 is 11.9 Å². The van der Waals surface area contributed by atoms with E-state index in [1.165, 1.54) is 6.07 Å². The van der Waals surface area contributed by atoms with Crippen molar-refractivity contribution in [2.75, 3.05) is 6.61 Å². The standard InChI is InChI=1S/C25H21NO5/c1-2-12-30-21-14-17(25(29)31-15-16-8-4-3-5-9-16)13-20-23(21)22(24(27)28)18-10-6-7-11-19(18)26-20/h3-11,13-14H,2,12,15H2,1H3,(H,27,28). The number of para-hydroxylation sites is 1. The summed E-state index contributed by atoms with van der Waals surface area (Å²) in [7, 11) is 0. The van der Waals surface area contributed by atoms with E-state index in [0.717, 1.165) is 12.0 Å². The Morgan fingerprint density at radius 2 is 1.71 bits per heavy atom. The topological polar surface area (TPSA) is 85.7 Å². The molecule has 0 aliphatic rings. The number of benzene rings is 3. The molecule has 1 heterocycles. The van der Waals surface area contributed by atoms with Gasteiger partial charge in [0.15, 0.2) is 0 Å². The molecule has 4 aromatic rings. The van der Waals surface area contributed by atoms with Crippen LogP contribution in [0.1, 0.15) is 39.6 Å². The predicted molar refractivity (Wildman–Crippen MR) is 118 cm³/mol. The molecule has 6 nitrogen and oxygen atoms in total.